The Kier molecular flexibility index (Phi) is 15.9. The highest BCUT2D eigenvalue weighted by atomic mass is 16.5. The van der Waals surface area contributed by atoms with Gasteiger partial charge in [-0.05, 0) is 27.2 Å². The Morgan fingerprint density at radius 2 is 1.67 bits per heavy atom. The summed E-state index contributed by atoms with van der Waals surface area (Å²) in [5, 5.41) is 19.8. The van der Waals surface area contributed by atoms with E-state index in [9.17, 15) is 19.2 Å². The van der Waals surface area contributed by atoms with Crippen LogP contribution in [0.5, 0.6) is 0 Å². The Labute approximate surface area is 160 Å². The minimum Gasteiger partial charge on any atom is -0.480 e. The molecule has 1 rings (SSSR count). The normalized spacial score (nSPS) is 13.7. The number of ether oxygens (including phenoxy) is 1. The zero-order chi connectivity index (χ0) is 21.4. The van der Waals surface area contributed by atoms with E-state index in [1.807, 2.05) is 20.8 Å². The first kappa shape index (κ1) is 27.0. The molecule has 1 heterocycles. The van der Waals surface area contributed by atoms with Crippen molar-refractivity contribution >= 4 is 23.7 Å². The van der Waals surface area contributed by atoms with E-state index in [0.29, 0.717) is 12.0 Å². The maximum atomic E-state index is 11.1. The summed E-state index contributed by atoms with van der Waals surface area (Å²) in [5.74, 6) is -2.40. The second-order valence-electron chi connectivity index (χ2n) is 5.67. The summed E-state index contributed by atoms with van der Waals surface area (Å²) >= 11 is 0. The van der Waals surface area contributed by atoms with Crippen LogP contribution in [0.25, 0.3) is 0 Å². The zero-order valence-electron chi connectivity index (χ0n) is 16.6. The number of nitrogens with zero attached hydrogens (tertiary/aromatic N) is 1. The summed E-state index contributed by atoms with van der Waals surface area (Å²) in [6.07, 6.45) is 2.45. The number of imide groups is 1. The number of hydroxylamine groups is 2. The Morgan fingerprint density at radius 3 is 1.89 bits per heavy atom. The van der Waals surface area contributed by atoms with Crippen molar-refractivity contribution in [1.29, 1.82) is 0 Å². The number of rotatable bonds is 8. The molecule has 0 radical (unpaired) electrons. The monoisotopic (exact) mass is 388 g/mol. The van der Waals surface area contributed by atoms with Crippen LogP contribution in [-0.4, -0.2) is 58.3 Å². The summed E-state index contributed by atoms with van der Waals surface area (Å²) < 4.78 is 4.83. The number of carbonyl (C=O) groups excluding carboxylic acids is 3. The first-order chi connectivity index (χ1) is 12.6. The quantitative estimate of drug-likeness (QED) is 0.328. The van der Waals surface area contributed by atoms with E-state index in [-0.39, 0.29) is 17.9 Å². The van der Waals surface area contributed by atoms with Gasteiger partial charge in [-0.25, -0.2) is 4.79 Å². The van der Waals surface area contributed by atoms with Crippen molar-refractivity contribution in [2.24, 2.45) is 0 Å². The van der Waals surface area contributed by atoms with Crippen LogP contribution >= 0.6 is 0 Å². The third-order valence-electron chi connectivity index (χ3n) is 3.27. The molecule has 1 fully saturated rings. The lowest BCUT2D eigenvalue weighted by Crippen LogP contribution is -2.40. The average molecular weight is 388 g/mol. The molecule has 9 nitrogen and oxygen atoms in total. The molecule has 0 bridgehead atoms. The number of nitrogens with one attached hydrogen (secondary N) is 1. The van der Waals surface area contributed by atoms with Crippen LogP contribution in [0.4, 0.5) is 0 Å². The lowest BCUT2D eigenvalue weighted by Gasteiger charge is -2.13. The van der Waals surface area contributed by atoms with Gasteiger partial charge in [-0.1, -0.05) is 26.3 Å². The first-order valence-electron chi connectivity index (χ1n) is 8.93. The molecule has 0 aliphatic carbocycles. The van der Waals surface area contributed by atoms with Crippen molar-refractivity contribution in [2.45, 2.75) is 65.8 Å². The fraction of sp³-hybridized carbons (Fsp3) is 0.667. The van der Waals surface area contributed by atoms with E-state index in [1.165, 1.54) is 0 Å². The molecule has 1 aliphatic rings. The highest BCUT2D eigenvalue weighted by Crippen LogP contribution is 2.07. The molecule has 0 aromatic heterocycles. The standard InChI is InChI=1S/C10H17NO3.C4H5NO3.C4H10O/c1-4-5-6-8(10(13)14)11-9(12)7(2)3;6-3-1-2-4(7)5(3)8;1-3-5-4-2/h8H,2,4-6H2,1,3H3,(H,11,12)(H,13,14);8H,1-2H2;3-4H2,1-2H3. The molecule has 1 unspecified atom stereocenters. The summed E-state index contributed by atoms with van der Waals surface area (Å²) in [5.41, 5.74) is 0.327. The highest BCUT2D eigenvalue weighted by Gasteiger charge is 2.26. The molecule has 0 aromatic carbocycles. The molecule has 3 N–H and O–H groups in total. The number of aliphatic carboxylic acids is 1. The topological polar surface area (TPSA) is 133 Å². The summed E-state index contributed by atoms with van der Waals surface area (Å²) in [7, 11) is 0. The van der Waals surface area contributed by atoms with Gasteiger partial charge in [0.1, 0.15) is 6.04 Å². The Morgan fingerprint density at radius 1 is 1.19 bits per heavy atom. The van der Waals surface area contributed by atoms with Crippen molar-refractivity contribution in [1.82, 2.24) is 10.4 Å². The predicted octanol–water partition coefficient (Wildman–Crippen LogP) is 1.89. The smallest absolute Gasteiger partial charge is 0.326 e. The number of amides is 3. The van der Waals surface area contributed by atoms with Gasteiger partial charge < -0.3 is 15.2 Å². The SMILES string of the molecule is C=C(C)C(=O)NC(CCCC)C(=O)O.CCOCC.O=C1CCC(=O)N1O. The van der Waals surface area contributed by atoms with Gasteiger partial charge >= 0.3 is 5.97 Å². The zero-order valence-corrected chi connectivity index (χ0v) is 16.6. The Hall–Kier alpha value is -2.26. The molecule has 156 valence electrons. The summed E-state index contributed by atoms with van der Waals surface area (Å²) in [4.78, 5) is 42.3. The van der Waals surface area contributed by atoms with Gasteiger partial charge in [0, 0.05) is 31.6 Å². The third kappa shape index (κ3) is 13.6. The number of carbonyl (C=O) groups is 4. The van der Waals surface area contributed by atoms with Crippen LogP contribution in [0, 0.1) is 0 Å². The van der Waals surface area contributed by atoms with Crippen LogP contribution in [0.1, 0.15) is 59.8 Å². The maximum Gasteiger partial charge on any atom is 0.326 e. The summed E-state index contributed by atoms with van der Waals surface area (Å²) in [6, 6.07) is -0.792. The fourth-order valence-corrected chi connectivity index (χ4v) is 1.72. The van der Waals surface area contributed by atoms with E-state index in [2.05, 4.69) is 11.9 Å². The highest BCUT2D eigenvalue weighted by molar-refractivity contribution is 6.00. The minimum atomic E-state index is -0.993. The molecule has 3 amide bonds. The molecule has 27 heavy (non-hydrogen) atoms. The molecule has 1 aliphatic heterocycles. The van der Waals surface area contributed by atoms with Gasteiger partial charge in [0.15, 0.2) is 0 Å². The van der Waals surface area contributed by atoms with E-state index in [0.717, 1.165) is 26.1 Å². The van der Waals surface area contributed by atoms with Gasteiger partial charge in [-0.3, -0.25) is 19.6 Å². The van der Waals surface area contributed by atoms with Crippen LogP contribution in [0.2, 0.25) is 0 Å². The first-order valence-corrected chi connectivity index (χ1v) is 8.93. The van der Waals surface area contributed by atoms with Crippen molar-refractivity contribution < 1.29 is 34.2 Å². The van der Waals surface area contributed by atoms with Crippen LogP contribution in [-0.2, 0) is 23.9 Å². The van der Waals surface area contributed by atoms with Gasteiger partial charge in [-0.15, -0.1) is 0 Å². The lowest BCUT2D eigenvalue weighted by atomic mass is 10.1. The third-order valence-corrected chi connectivity index (χ3v) is 3.27. The maximum absolute atomic E-state index is 11.1. The number of hydrogen-bond donors (Lipinski definition) is 3. The van der Waals surface area contributed by atoms with E-state index >= 15 is 0 Å². The number of carboxylic acid groups (broad SMARTS) is 1. The van der Waals surface area contributed by atoms with Crippen LogP contribution in [0.3, 0.4) is 0 Å². The molecule has 0 spiro atoms. The average Bonchev–Trinajstić information content (AvgIpc) is 2.91. The van der Waals surface area contributed by atoms with Crippen LogP contribution < -0.4 is 5.32 Å². The van der Waals surface area contributed by atoms with Gasteiger partial charge in [0.25, 0.3) is 11.8 Å². The van der Waals surface area contributed by atoms with Crippen molar-refractivity contribution in [3.05, 3.63) is 12.2 Å². The molecule has 1 atom stereocenters. The lowest BCUT2D eigenvalue weighted by molar-refractivity contribution is -0.171. The number of unbranched alkanes of at least 4 members (excludes halogenated alkanes) is 1. The summed E-state index contributed by atoms with van der Waals surface area (Å²) in [6.45, 7) is 12.6. The minimum absolute atomic E-state index is 0.148. The molecule has 1 saturated heterocycles. The second-order valence-corrected chi connectivity index (χ2v) is 5.67. The molecule has 9 heteroatoms. The molecule has 0 saturated carbocycles. The van der Waals surface area contributed by atoms with E-state index < -0.39 is 29.7 Å². The van der Waals surface area contributed by atoms with Gasteiger partial charge in [-0.2, -0.15) is 5.06 Å². The number of hydrogen-bond acceptors (Lipinski definition) is 6. The van der Waals surface area contributed by atoms with Crippen molar-refractivity contribution in [3.63, 3.8) is 0 Å². The molecular formula is C18H32N2O7. The molecule has 0 aromatic rings. The predicted molar refractivity (Wildman–Crippen MR) is 98.9 cm³/mol. The van der Waals surface area contributed by atoms with E-state index in [1.54, 1.807) is 6.92 Å². The van der Waals surface area contributed by atoms with Crippen molar-refractivity contribution in [3.8, 4) is 0 Å². The van der Waals surface area contributed by atoms with Crippen molar-refractivity contribution in [2.75, 3.05) is 13.2 Å². The number of carboxylic acids is 1. The second kappa shape index (κ2) is 16.0. The van der Waals surface area contributed by atoms with E-state index in [4.69, 9.17) is 15.1 Å². The Bertz CT molecular complexity index is 488. The van der Waals surface area contributed by atoms with Crippen LogP contribution in [0.15, 0.2) is 12.2 Å². The Balaban J connectivity index is 0. The largest absolute Gasteiger partial charge is 0.480 e. The molecular weight excluding hydrogens is 356 g/mol. The fourth-order valence-electron chi connectivity index (χ4n) is 1.72. The van der Waals surface area contributed by atoms with Gasteiger partial charge in [0.05, 0.1) is 0 Å². The van der Waals surface area contributed by atoms with Gasteiger partial charge in [0.2, 0.25) is 5.91 Å².